The molecule has 0 spiro atoms. The largest absolute Gasteiger partial charge is 0.493 e. The van der Waals surface area contributed by atoms with Crippen LogP contribution in [0.15, 0.2) is 48.5 Å². The van der Waals surface area contributed by atoms with Crippen molar-refractivity contribution in [2.24, 2.45) is 0 Å². The van der Waals surface area contributed by atoms with Crippen LogP contribution in [-0.2, 0) is 6.61 Å². The normalized spacial score (nSPS) is 17.4. The Morgan fingerprint density at radius 2 is 2.05 bits per heavy atom. The SMILES string of the molecule is OCc1cccc(NC2CCOc3ccccc32)c1. The molecule has 1 aliphatic rings. The summed E-state index contributed by atoms with van der Waals surface area (Å²) in [6.07, 6.45) is 0.945. The minimum atomic E-state index is 0.0693. The molecule has 0 aromatic heterocycles. The van der Waals surface area contributed by atoms with Crippen molar-refractivity contribution in [3.8, 4) is 5.75 Å². The number of para-hydroxylation sites is 1. The van der Waals surface area contributed by atoms with E-state index in [1.54, 1.807) is 0 Å². The average molecular weight is 255 g/mol. The highest BCUT2D eigenvalue weighted by Crippen LogP contribution is 2.34. The summed E-state index contributed by atoms with van der Waals surface area (Å²) in [7, 11) is 0. The summed E-state index contributed by atoms with van der Waals surface area (Å²) >= 11 is 0. The minimum Gasteiger partial charge on any atom is -0.493 e. The number of fused-ring (bicyclic) bond motifs is 1. The molecule has 2 aromatic rings. The maximum atomic E-state index is 9.18. The lowest BCUT2D eigenvalue weighted by atomic mass is 10.00. The Morgan fingerprint density at radius 1 is 1.16 bits per heavy atom. The van der Waals surface area contributed by atoms with Crippen LogP contribution in [0.3, 0.4) is 0 Å². The van der Waals surface area contributed by atoms with Crippen LogP contribution in [0.1, 0.15) is 23.6 Å². The first-order chi connectivity index (χ1) is 9.36. The van der Waals surface area contributed by atoms with Gasteiger partial charge in [-0.05, 0) is 23.8 Å². The fraction of sp³-hybridized carbons (Fsp3) is 0.250. The molecular formula is C16H17NO2. The van der Waals surface area contributed by atoms with Gasteiger partial charge in [0.05, 0.1) is 19.3 Å². The van der Waals surface area contributed by atoms with Gasteiger partial charge in [-0.3, -0.25) is 0 Å². The van der Waals surface area contributed by atoms with Crippen LogP contribution in [0, 0.1) is 0 Å². The second kappa shape index (κ2) is 5.33. The Kier molecular flexibility index (Phi) is 3.38. The standard InChI is InChI=1S/C16H17NO2/c18-11-12-4-3-5-13(10-12)17-15-8-9-19-16-7-2-1-6-14(15)16/h1-7,10,15,17-18H,8-9,11H2. The Morgan fingerprint density at radius 3 is 2.95 bits per heavy atom. The van der Waals surface area contributed by atoms with Gasteiger partial charge in [0.2, 0.25) is 0 Å². The van der Waals surface area contributed by atoms with Crippen LogP contribution in [0.4, 0.5) is 5.69 Å². The molecule has 0 bridgehead atoms. The Hall–Kier alpha value is -2.00. The van der Waals surface area contributed by atoms with Crippen LogP contribution in [0.25, 0.3) is 0 Å². The number of hydrogen-bond acceptors (Lipinski definition) is 3. The molecule has 3 rings (SSSR count). The van der Waals surface area contributed by atoms with Gasteiger partial charge < -0.3 is 15.2 Å². The first-order valence-electron chi connectivity index (χ1n) is 6.55. The van der Waals surface area contributed by atoms with Gasteiger partial charge in [0.25, 0.3) is 0 Å². The van der Waals surface area contributed by atoms with E-state index in [0.29, 0.717) is 0 Å². The maximum Gasteiger partial charge on any atom is 0.124 e. The zero-order valence-electron chi connectivity index (χ0n) is 10.7. The van der Waals surface area contributed by atoms with Gasteiger partial charge in [-0.1, -0.05) is 30.3 Å². The number of aliphatic hydroxyl groups is 1. The predicted octanol–water partition coefficient (Wildman–Crippen LogP) is 3.11. The van der Waals surface area contributed by atoms with Crippen LogP contribution < -0.4 is 10.1 Å². The number of benzene rings is 2. The van der Waals surface area contributed by atoms with Crippen molar-refractivity contribution >= 4 is 5.69 Å². The zero-order valence-corrected chi connectivity index (χ0v) is 10.7. The van der Waals surface area contributed by atoms with E-state index < -0.39 is 0 Å². The fourth-order valence-electron chi connectivity index (χ4n) is 2.45. The molecule has 98 valence electrons. The maximum absolute atomic E-state index is 9.18. The van der Waals surface area contributed by atoms with Crippen molar-refractivity contribution in [1.82, 2.24) is 0 Å². The number of hydrogen-bond donors (Lipinski definition) is 2. The molecule has 3 heteroatoms. The molecule has 1 atom stereocenters. The molecule has 2 aromatic carbocycles. The molecule has 0 radical (unpaired) electrons. The van der Waals surface area contributed by atoms with E-state index in [1.807, 2.05) is 42.5 Å². The summed E-state index contributed by atoms with van der Waals surface area (Å²) in [5.41, 5.74) is 3.15. The molecule has 0 saturated carbocycles. The van der Waals surface area contributed by atoms with Gasteiger partial charge in [0.15, 0.2) is 0 Å². The fourth-order valence-corrected chi connectivity index (χ4v) is 2.45. The molecule has 3 nitrogen and oxygen atoms in total. The molecule has 0 fully saturated rings. The number of ether oxygens (including phenoxy) is 1. The van der Waals surface area contributed by atoms with Gasteiger partial charge in [0.1, 0.15) is 5.75 Å². The Labute approximate surface area is 112 Å². The van der Waals surface area contributed by atoms with Gasteiger partial charge in [0, 0.05) is 17.7 Å². The summed E-state index contributed by atoms with van der Waals surface area (Å²) in [5, 5.41) is 12.7. The first-order valence-corrected chi connectivity index (χ1v) is 6.55. The Bertz CT molecular complexity index is 568. The molecule has 2 N–H and O–H groups in total. The number of anilines is 1. The monoisotopic (exact) mass is 255 g/mol. The van der Waals surface area contributed by atoms with Crippen LogP contribution in [-0.4, -0.2) is 11.7 Å². The van der Waals surface area contributed by atoms with Crippen LogP contribution in [0.2, 0.25) is 0 Å². The van der Waals surface area contributed by atoms with Crippen molar-refractivity contribution in [3.63, 3.8) is 0 Å². The summed E-state index contributed by atoms with van der Waals surface area (Å²) in [4.78, 5) is 0. The van der Waals surface area contributed by atoms with Crippen molar-refractivity contribution in [2.75, 3.05) is 11.9 Å². The van der Waals surface area contributed by atoms with E-state index in [4.69, 9.17) is 4.74 Å². The molecular weight excluding hydrogens is 238 g/mol. The third-order valence-electron chi connectivity index (χ3n) is 3.41. The van der Waals surface area contributed by atoms with Crippen molar-refractivity contribution in [3.05, 3.63) is 59.7 Å². The van der Waals surface area contributed by atoms with E-state index in [2.05, 4.69) is 11.4 Å². The summed E-state index contributed by atoms with van der Waals surface area (Å²) in [5.74, 6) is 0.963. The minimum absolute atomic E-state index is 0.0693. The topological polar surface area (TPSA) is 41.5 Å². The molecule has 0 aliphatic carbocycles. The van der Waals surface area contributed by atoms with Gasteiger partial charge in [-0.25, -0.2) is 0 Å². The second-order valence-electron chi connectivity index (χ2n) is 4.73. The van der Waals surface area contributed by atoms with E-state index in [9.17, 15) is 5.11 Å². The molecule has 0 amide bonds. The lowest BCUT2D eigenvalue weighted by Gasteiger charge is -2.27. The Balaban J connectivity index is 1.84. The van der Waals surface area contributed by atoms with Crippen molar-refractivity contribution < 1.29 is 9.84 Å². The highest BCUT2D eigenvalue weighted by atomic mass is 16.5. The highest BCUT2D eigenvalue weighted by molar-refractivity contribution is 5.50. The summed E-state index contributed by atoms with van der Waals surface area (Å²) < 4.78 is 5.66. The third kappa shape index (κ3) is 2.56. The van der Waals surface area contributed by atoms with Crippen molar-refractivity contribution in [2.45, 2.75) is 19.1 Å². The van der Waals surface area contributed by atoms with E-state index in [-0.39, 0.29) is 12.6 Å². The van der Waals surface area contributed by atoms with Gasteiger partial charge >= 0.3 is 0 Å². The second-order valence-corrected chi connectivity index (χ2v) is 4.73. The highest BCUT2D eigenvalue weighted by Gasteiger charge is 2.20. The van der Waals surface area contributed by atoms with Gasteiger partial charge in [-0.2, -0.15) is 0 Å². The quantitative estimate of drug-likeness (QED) is 0.885. The molecule has 1 unspecified atom stereocenters. The smallest absolute Gasteiger partial charge is 0.124 e. The first kappa shape index (κ1) is 12.1. The average Bonchev–Trinajstić information content (AvgIpc) is 2.48. The van der Waals surface area contributed by atoms with E-state index >= 15 is 0 Å². The number of nitrogens with one attached hydrogen (secondary N) is 1. The number of aliphatic hydroxyl groups excluding tert-OH is 1. The van der Waals surface area contributed by atoms with E-state index in [0.717, 1.165) is 30.0 Å². The number of rotatable bonds is 3. The molecule has 0 saturated heterocycles. The zero-order chi connectivity index (χ0) is 13.1. The molecule has 1 aliphatic heterocycles. The summed E-state index contributed by atoms with van der Waals surface area (Å²) in [6, 6.07) is 16.3. The predicted molar refractivity (Wildman–Crippen MR) is 75.3 cm³/mol. The molecule has 1 heterocycles. The summed E-state index contributed by atoms with van der Waals surface area (Å²) in [6.45, 7) is 0.800. The van der Waals surface area contributed by atoms with E-state index in [1.165, 1.54) is 5.56 Å². The molecule has 19 heavy (non-hydrogen) atoms. The van der Waals surface area contributed by atoms with Gasteiger partial charge in [-0.15, -0.1) is 0 Å². The van der Waals surface area contributed by atoms with Crippen LogP contribution >= 0.6 is 0 Å². The lowest BCUT2D eigenvalue weighted by Crippen LogP contribution is -2.20. The van der Waals surface area contributed by atoms with Crippen molar-refractivity contribution in [1.29, 1.82) is 0 Å². The third-order valence-corrected chi connectivity index (χ3v) is 3.41. The van der Waals surface area contributed by atoms with Crippen LogP contribution in [0.5, 0.6) is 5.75 Å². The lowest BCUT2D eigenvalue weighted by molar-refractivity contribution is 0.274.